The van der Waals surface area contributed by atoms with Crippen LogP contribution in [0, 0.1) is 23.0 Å². The maximum Gasteiger partial charge on any atom is 0.272 e. The number of nitro benzene ring substituents is 1. The molecule has 1 rings (SSSR count). The van der Waals surface area contributed by atoms with Gasteiger partial charge >= 0.3 is 0 Å². The van der Waals surface area contributed by atoms with Gasteiger partial charge in [0, 0.05) is 17.7 Å². The van der Waals surface area contributed by atoms with Crippen molar-refractivity contribution in [1.82, 2.24) is 5.32 Å². The molecule has 0 spiro atoms. The van der Waals surface area contributed by atoms with E-state index in [2.05, 4.69) is 5.32 Å². The molecule has 1 N–H and O–H groups in total. The number of aryl methyl sites for hydroxylation is 1. The lowest BCUT2D eigenvalue weighted by atomic mass is 10.1. The first-order chi connectivity index (χ1) is 9.31. The highest BCUT2D eigenvalue weighted by molar-refractivity contribution is 5.77. The number of carbonyl (C=O) groups is 1. The molecule has 1 atom stereocenters. The largest absolute Gasteiger partial charge is 0.484 e. The molecule has 0 heterocycles. The third-order valence-electron chi connectivity index (χ3n) is 3.12. The lowest BCUT2D eigenvalue weighted by molar-refractivity contribution is -0.385. The fraction of sp³-hybridized carbons (Fsp3) is 0.500. The maximum atomic E-state index is 11.6. The number of nitrogens with zero attached hydrogens (tertiary/aromatic N) is 1. The summed E-state index contributed by atoms with van der Waals surface area (Å²) in [6, 6.07) is 4.49. The summed E-state index contributed by atoms with van der Waals surface area (Å²) in [4.78, 5) is 21.9. The van der Waals surface area contributed by atoms with Crippen molar-refractivity contribution < 1.29 is 14.5 Å². The van der Waals surface area contributed by atoms with Gasteiger partial charge in [-0.3, -0.25) is 14.9 Å². The van der Waals surface area contributed by atoms with Gasteiger partial charge in [-0.2, -0.15) is 0 Å². The number of rotatable bonds is 6. The minimum absolute atomic E-state index is 0.0373. The fourth-order valence-corrected chi connectivity index (χ4v) is 1.53. The van der Waals surface area contributed by atoms with Gasteiger partial charge in [0.15, 0.2) is 6.61 Å². The number of nitrogens with one attached hydrogen (secondary N) is 1. The lowest BCUT2D eigenvalue weighted by Gasteiger charge is -2.17. The Morgan fingerprint density at radius 1 is 1.40 bits per heavy atom. The number of ether oxygens (including phenoxy) is 1. The Labute approximate surface area is 118 Å². The van der Waals surface area contributed by atoms with Crippen LogP contribution in [0.2, 0.25) is 0 Å². The monoisotopic (exact) mass is 280 g/mol. The average Bonchev–Trinajstić information content (AvgIpc) is 2.35. The zero-order valence-corrected chi connectivity index (χ0v) is 12.2. The van der Waals surface area contributed by atoms with Crippen LogP contribution in [0.5, 0.6) is 5.75 Å². The molecule has 0 saturated heterocycles. The normalized spacial score (nSPS) is 12.1. The number of benzene rings is 1. The third kappa shape index (κ3) is 4.53. The van der Waals surface area contributed by atoms with Gasteiger partial charge in [-0.05, 0) is 31.9 Å². The number of nitro groups is 1. The molecule has 20 heavy (non-hydrogen) atoms. The number of carbonyl (C=O) groups excluding carboxylic acids is 1. The Kier molecular flexibility index (Phi) is 5.49. The van der Waals surface area contributed by atoms with Crippen LogP contribution in [-0.2, 0) is 4.79 Å². The van der Waals surface area contributed by atoms with E-state index in [1.165, 1.54) is 12.1 Å². The van der Waals surface area contributed by atoms with Crippen molar-refractivity contribution >= 4 is 11.6 Å². The van der Waals surface area contributed by atoms with Gasteiger partial charge < -0.3 is 10.1 Å². The highest BCUT2D eigenvalue weighted by Crippen LogP contribution is 2.22. The van der Waals surface area contributed by atoms with Crippen LogP contribution >= 0.6 is 0 Å². The van der Waals surface area contributed by atoms with Gasteiger partial charge in [-0.1, -0.05) is 13.8 Å². The molecule has 0 bridgehead atoms. The number of amides is 1. The predicted molar refractivity (Wildman–Crippen MR) is 75.8 cm³/mol. The number of hydrogen-bond donors (Lipinski definition) is 1. The van der Waals surface area contributed by atoms with Crippen LogP contribution in [0.3, 0.4) is 0 Å². The summed E-state index contributed by atoms with van der Waals surface area (Å²) < 4.78 is 5.33. The summed E-state index contributed by atoms with van der Waals surface area (Å²) in [7, 11) is 0. The van der Waals surface area contributed by atoms with E-state index in [1.807, 2.05) is 20.8 Å². The van der Waals surface area contributed by atoms with E-state index in [0.717, 1.165) is 0 Å². The third-order valence-corrected chi connectivity index (χ3v) is 3.12. The van der Waals surface area contributed by atoms with Crippen LogP contribution in [0.25, 0.3) is 0 Å². The molecule has 0 radical (unpaired) electrons. The summed E-state index contributed by atoms with van der Waals surface area (Å²) >= 11 is 0. The Morgan fingerprint density at radius 3 is 2.55 bits per heavy atom. The average molecular weight is 280 g/mol. The molecule has 0 aliphatic heterocycles. The summed E-state index contributed by atoms with van der Waals surface area (Å²) in [5.74, 6) is 0.586. The summed E-state index contributed by atoms with van der Waals surface area (Å²) in [5.41, 5.74) is 0.540. The lowest BCUT2D eigenvalue weighted by Crippen LogP contribution is -2.38. The maximum absolute atomic E-state index is 11.6. The van der Waals surface area contributed by atoms with Gasteiger partial charge in [0.2, 0.25) is 0 Å². The zero-order chi connectivity index (χ0) is 15.3. The van der Waals surface area contributed by atoms with E-state index >= 15 is 0 Å². The molecule has 0 aliphatic carbocycles. The van der Waals surface area contributed by atoms with Crippen LogP contribution in [0.4, 0.5) is 5.69 Å². The minimum Gasteiger partial charge on any atom is -0.484 e. The van der Waals surface area contributed by atoms with E-state index < -0.39 is 4.92 Å². The molecule has 0 saturated carbocycles. The van der Waals surface area contributed by atoms with Crippen molar-refractivity contribution in [2.75, 3.05) is 6.61 Å². The van der Waals surface area contributed by atoms with E-state index in [0.29, 0.717) is 17.2 Å². The second kappa shape index (κ2) is 6.88. The van der Waals surface area contributed by atoms with Crippen LogP contribution in [0.15, 0.2) is 18.2 Å². The second-order valence-corrected chi connectivity index (χ2v) is 5.09. The number of hydrogen-bond acceptors (Lipinski definition) is 4. The highest BCUT2D eigenvalue weighted by Gasteiger charge is 2.13. The van der Waals surface area contributed by atoms with Crippen molar-refractivity contribution in [2.24, 2.45) is 5.92 Å². The molecule has 6 heteroatoms. The molecule has 6 nitrogen and oxygen atoms in total. The highest BCUT2D eigenvalue weighted by atomic mass is 16.6. The molecule has 0 fully saturated rings. The smallest absolute Gasteiger partial charge is 0.272 e. The molecular weight excluding hydrogens is 260 g/mol. The molecule has 110 valence electrons. The Morgan fingerprint density at radius 2 is 2.05 bits per heavy atom. The van der Waals surface area contributed by atoms with Crippen molar-refractivity contribution in [3.05, 3.63) is 33.9 Å². The second-order valence-electron chi connectivity index (χ2n) is 5.09. The summed E-state index contributed by atoms with van der Waals surface area (Å²) in [5, 5.41) is 13.5. The molecule has 1 unspecified atom stereocenters. The van der Waals surface area contributed by atoms with Gasteiger partial charge in [0.05, 0.1) is 4.92 Å². The standard InChI is InChI=1S/C14H20N2O4/c1-9(2)11(4)15-14(17)8-20-12-5-6-13(16(18)19)10(3)7-12/h5-7,9,11H,8H2,1-4H3,(H,15,17). The summed E-state index contributed by atoms with van der Waals surface area (Å²) in [6.07, 6.45) is 0. The molecule has 1 amide bonds. The zero-order valence-electron chi connectivity index (χ0n) is 12.2. The predicted octanol–water partition coefficient (Wildman–Crippen LogP) is 2.44. The molecule has 1 aromatic carbocycles. The van der Waals surface area contributed by atoms with Gasteiger partial charge in [0.1, 0.15) is 5.75 Å². The van der Waals surface area contributed by atoms with Gasteiger partial charge in [-0.15, -0.1) is 0 Å². The van der Waals surface area contributed by atoms with Crippen molar-refractivity contribution in [3.63, 3.8) is 0 Å². The van der Waals surface area contributed by atoms with Crippen molar-refractivity contribution in [3.8, 4) is 5.75 Å². The molecule has 1 aromatic rings. The Hall–Kier alpha value is -2.11. The topological polar surface area (TPSA) is 81.5 Å². The van der Waals surface area contributed by atoms with Crippen LogP contribution < -0.4 is 10.1 Å². The molecule has 0 aromatic heterocycles. The molecular formula is C14H20N2O4. The summed E-state index contributed by atoms with van der Waals surface area (Å²) in [6.45, 7) is 7.50. The van der Waals surface area contributed by atoms with E-state index in [4.69, 9.17) is 4.74 Å². The first-order valence-corrected chi connectivity index (χ1v) is 6.48. The van der Waals surface area contributed by atoms with Crippen LogP contribution in [0.1, 0.15) is 26.3 Å². The quantitative estimate of drug-likeness (QED) is 0.641. The van der Waals surface area contributed by atoms with E-state index in [9.17, 15) is 14.9 Å². The van der Waals surface area contributed by atoms with Crippen molar-refractivity contribution in [2.45, 2.75) is 33.7 Å². The first-order valence-electron chi connectivity index (χ1n) is 6.48. The Bertz CT molecular complexity index is 500. The molecule has 0 aliphatic rings. The van der Waals surface area contributed by atoms with Gasteiger partial charge in [0.25, 0.3) is 11.6 Å². The van der Waals surface area contributed by atoms with Crippen LogP contribution in [-0.4, -0.2) is 23.5 Å². The minimum atomic E-state index is -0.448. The van der Waals surface area contributed by atoms with E-state index in [1.54, 1.807) is 13.0 Å². The van der Waals surface area contributed by atoms with Gasteiger partial charge in [-0.25, -0.2) is 0 Å². The Balaban J connectivity index is 2.56. The van der Waals surface area contributed by atoms with E-state index in [-0.39, 0.29) is 24.2 Å². The SMILES string of the molecule is Cc1cc(OCC(=O)NC(C)C(C)C)ccc1[N+](=O)[O-]. The first kappa shape index (κ1) is 15.9. The van der Waals surface area contributed by atoms with Crippen molar-refractivity contribution in [1.29, 1.82) is 0 Å². The fourth-order valence-electron chi connectivity index (χ4n) is 1.53.